The second kappa shape index (κ2) is 16.7. The molecule has 0 atom stereocenters. The molecule has 0 aliphatic heterocycles. The minimum atomic E-state index is -0.402. The summed E-state index contributed by atoms with van der Waals surface area (Å²) in [6, 6.07) is 11.5. The SMILES string of the molecule is COC(=O)CCNC(=O)c1ccc(-c2cc(Cl)ccc2C=O)cn1.COC(=O)CCNC(=O)c1ccc(Br)cn1. The first-order chi connectivity index (χ1) is 19.2. The Bertz CT molecular complexity index is 1340. The van der Waals surface area contributed by atoms with Crippen molar-refractivity contribution >= 4 is 57.6 Å². The zero-order valence-corrected chi connectivity index (χ0v) is 24.0. The number of nitrogens with zero attached hydrogens (tertiary/aromatic N) is 2. The molecule has 13 heteroatoms. The molecule has 0 unspecified atom stereocenters. The molecule has 11 nitrogen and oxygen atoms in total. The minimum Gasteiger partial charge on any atom is -0.469 e. The minimum absolute atomic E-state index is 0.0888. The average molecular weight is 634 g/mol. The van der Waals surface area contributed by atoms with Crippen LogP contribution in [0.4, 0.5) is 0 Å². The standard InChI is InChI=1S/C17H15ClN2O4.C10H11BrN2O3/c1-24-16(22)6-7-19-17(23)15-5-3-11(9-20-15)14-8-13(18)4-2-12(14)10-21;1-16-9(14)4-5-12-10(15)8-3-2-7(11)6-13-8/h2-5,8-10H,6-7H2,1H3,(H,19,23);2-3,6H,4-5H2,1H3,(H,12,15). The number of ether oxygens (including phenoxy) is 2. The Morgan fingerprint density at radius 2 is 1.40 bits per heavy atom. The fourth-order valence-corrected chi connectivity index (χ4v) is 3.43. The maximum absolute atomic E-state index is 11.9. The van der Waals surface area contributed by atoms with Crippen LogP contribution in [-0.4, -0.2) is 67.3 Å². The molecule has 0 bridgehead atoms. The fourth-order valence-electron chi connectivity index (χ4n) is 3.02. The lowest BCUT2D eigenvalue weighted by Crippen LogP contribution is -2.27. The van der Waals surface area contributed by atoms with Gasteiger partial charge in [0, 0.05) is 46.1 Å². The van der Waals surface area contributed by atoms with Crippen molar-refractivity contribution < 1.29 is 33.4 Å². The van der Waals surface area contributed by atoms with E-state index in [0.717, 1.165) is 10.8 Å². The van der Waals surface area contributed by atoms with Crippen LogP contribution in [0.5, 0.6) is 0 Å². The monoisotopic (exact) mass is 632 g/mol. The summed E-state index contributed by atoms with van der Waals surface area (Å²) in [5, 5.41) is 5.64. The van der Waals surface area contributed by atoms with Crippen LogP contribution in [0.15, 0.2) is 59.3 Å². The van der Waals surface area contributed by atoms with Crippen LogP contribution < -0.4 is 10.6 Å². The van der Waals surface area contributed by atoms with Crippen molar-refractivity contribution in [2.24, 2.45) is 0 Å². The lowest BCUT2D eigenvalue weighted by molar-refractivity contribution is -0.141. The van der Waals surface area contributed by atoms with E-state index in [2.05, 4.69) is 46.0 Å². The highest BCUT2D eigenvalue weighted by Gasteiger charge is 2.11. The van der Waals surface area contributed by atoms with Gasteiger partial charge in [0.25, 0.3) is 11.8 Å². The highest BCUT2D eigenvalue weighted by atomic mass is 79.9. The van der Waals surface area contributed by atoms with E-state index < -0.39 is 11.9 Å². The quantitative estimate of drug-likeness (QED) is 0.252. The Morgan fingerprint density at radius 1 is 0.850 bits per heavy atom. The second-order valence-corrected chi connectivity index (χ2v) is 9.16. The third-order valence-corrected chi connectivity index (χ3v) is 5.80. The van der Waals surface area contributed by atoms with Crippen LogP contribution in [0.3, 0.4) is 0 Å². The summed E-state index contributed by atoms with van der Waals surface area (Å²) >= 11 is 9.18. The van der Waals surface area contributed by atoms with Crippen molar-refractivity contribution in [1.29, 1.82) is 0 Å². The lowest BCUT2D eigenvalue weighted by Gasteiger charge is -2.07. The number of methoxy groups -OCH3 is 2. The number of nitrogens with one attached hydrogen (secondary N) is 2. The highest BCUT2D eigenvalue weighted by Crippen LogP contribution is 2.25. The summed E-state index contributed by atoms with van der Waals surface area (Å²) in [7, 11) is 2.59. The Balaban J connectivity index is 0.000000305. The van der Waals surface area contributed by atoms with Crippen molar-refractivity contribution in [2.75, 3.05) is 27.3 Å². The zero-order chi connectivity index (χ0) is 29.5. The summed E-state index contributed by atoms with van der Waals surface area (Å²) in [5.41, 5.74) is 2.32. The molecule has 0 spiro atoms. The van der Waals surface area contributed by atoms with Gasteiger partial charge in [0.15, 0.2) is 6.29 Å². The largest absolute Gasteiger partial charge is 0.469 e. The molecule has 0 saturated heterocycles. The van der Waals surface area contributed by atoms with Crippen molar-refractivity contribution in [2.45, 2.75) is 12.8 Å². The smallest absolute Gasteiger partial charge is 0.307 e. The molecule has 210 valence electrons. The molecule has 0 aliphatic rings. The summed E-state index contributed by atoms with van der Waals surface area (Å²) in [6.07, 6.45) is 4.01. The van der Waals surface area contributed by atoms with Crippen LogP contribution in [0.25, 0.3) is 11.1 Å². The van der Waals surface area contributed by atoms with E-state index in [9.17, 15) is 24.0 Å². The van der Waals surface area contributed by atoms with Gasteiger partial charge in [-0.05, 0) is 57.9 Å². The van der Waals surface area contributed by atoms with Crippen LogP contribution in [0.1, 0.15) is 44.2 Å². The van der Waals surface area contributed by atoms with Gasteiger partial charge in [-0.15, -0.1) is 0 Å². The summed E-state index contributed by atoms with van der Waals surface area (Å²) in [5.74, 6) is -1.46. The molecule has 0 fully saturated rings. The van der Waals surface area contributed by atoms with Crippen molar-refractivity contribution in [3.63, 3.8) is 0 Å². The maximum atomic E-state index is 11.9. The highest BCUT2D eigenvalue weighted by molar-refractivity contribution is 9.10. The van der Waals surface area contributed by atoms with Gasteiger partial charge < -0.3 is 20.1 Å². The molecule has 1 aromatic carbocycles. The van der Waals surface area contributed by atoms with Crippen LogP contribution in [0.2, 0.25) is 5.02 Å². The first-order valence-electron chi connectivity index (χ1n) is 11.7. The Morgan fingerprint density at radius 3 is 1.85 bits per heavy atom. The van der Waals surface area contributed by atoms with E-state index in [1.165, 1.54) is 32.7 Å². The van der Waals surface area contributed by atoms with Gasteiger partial charge in [-0.3, -0.25) is 29.0 Å². The van der Waals surface area contributed by atoms with Gasteiger partial charge in [-0.1, -0.05) is 17.7 Å². The number of benzene rings is 1. The number of carbonyl (C=O) groups is 5. The van der Waals surface area contributed by atoms with Crippen LogP contribution in [-0.2, 0) is 19.1 Å². The van der Waals surface area contributed by atoms with Crippen LogP contribution >= 0.6 is 27.5 Å². The Kier molecular flexibility index (Phi) is 13.4. The van der Waals surface area contributed by atoms with Crippen molar-refractivity contribution in [3.8, 4) is 11.1 Å². The van der Waals surface area contributed by atoms with Gasteiger partial charge in [0.2, 0.25) is 0 Å². The second-order valence-electron chi connectivity index (χ2n) is 7.81. The number of hydrogen-bond donors (Lipinski definition) is 2. The molecule has 3 aromatic rings. The summed E-state index contributed by atoms with van der Waals surface area (Å²) in [4.78, 5) is 64.3. The molecule has 0 radical (unpaired) electrons. The number of aldehydes is 1. The van der Waals surface area contributed by atoms with E-state index in [0.29, 0.717) is 27.4 Å². The predicted octanol–water partition coefficient (Wildman–Crippen LogP) is 3.64. The molecule has 2 amide bonds. The summed E-state index contributed by atoms with van der Waals surface area (Å²) in [6.45, 7) is 0.405. The Hall–Kier alpha value is -4.16. The van der Waals surface area contributed by atoms with E-state index in [1.54, 1.807) is 36.4 Å². The number of hydrogen-bond acceptors (Lipinski definition) is 9. The number of pyridine rings is 2. The molecule has 2 aromatic heterocycles. The van der Waals surface area contributed by atoms with Crippen molar-refractivity contribution in [1.82, 2.24) is 20.6 Å². The van der Waals surface area contributed by atoms with Gasteiger partial charge in [0.1, 0.15) is 11.4 Å². The predicted molar refractivity (Wildman–Crippen MR) is 150 cm³/mol. The third kappa shape index (κ3) is 10.5. The number of aromatic nitrogens is 2. The third-order valence-electron chi connectivity index (χ3n) is 5.09. The number of esters is 2. The van der Waals surface area contributed by atoms with Gasteiger partial charge in [-0.25, -0.2) is 4.98 Å². The van der Waals surface area contributed by atoms with Crippen molar-refractivity contribution in [3.05, 3.63) is 81.3 Å². The molecule has 2 N–H and O–H groups in total. The number of rotatable bonds is 10. The first kappa shape index (κ1) is 32.1. The lowest BCUT2D eigenvalue weighted by atomic mass is 10.0. The number of halogens is 2. The average Bonchev–Trinajstić information content (AvgIpc) is 2.97. The zero-order valence-electron chi connectivity index (χ0n) is 21.6. The van der Waals surface area contributed by atoms with E-state index >= 15 is 0 Å². The molecule has 40 heavy (non-hydrogen) atoms. The molecule has 0 aliphatic carbocycles. The van der Waals surface area contributed by atoms with Gasteiger partial charge in [0.05, 0.1) is 27.1 Å². The normalized spacial score (nSPS) is 9.90. The topological polar surface area (TPSA) is 154 Å². The molecule has 3 rings (SSSR count). The number of carbonyl (C=O) groups excluding carboxylic acids is 5. The fraction of sp³-hybridized carbons (Fsp3) is 0.222. The van der Waals surface area contributed by atoms with Gasteiger partial charge >= 0.3 is 11.9 Å². The molecular weight excluding hydrogens is 608 g/mol. The van der Waals surface area contributed by atoms with E-state index in [4.69, 9.17) is 11.6 Å². The molecular formula is C27H26BrClN4O7. The van der Waals surface area contributed by atoms with E-state index in [1.807, 2.05) is 0 Å². The maximum Gasteiger partial charge on any atom is 0.307 e. The molecule has 0 saturated carbocycles. The molecule has 2 heterocycles. The van der Waals surface area contributed by atoms with Gasteiger partial charge in [-0.2, -0.15) is 0 Å². The van der Waals surface area contributed by atoms with Crippen LogP contribution in [0, 0.1) is 0 Å². The Labute approximate surface area is 243 Å². The number of amides is 2. The summed E-state index contributed by atoms with van der Waals surface area (Å²) < 4.78 is 9.73. The van der Waals surface area contributed by atoms with E-state index in [-0.39, 0.29) is 43.5 Å². The first-order valence-corrected chi connectivity index (χ1v) is 12.9.